The summed E-state index contributed by atoms with van der Waals surface area (Å²) in [7, 11) is 0. The van der Waals surface area contributed by atoms with Crippen LogP contribution in [0.1, 0.15) is 36.7 Å². The smallest absolute Gasteiger partial charge is 0.263 e. The molecule has 0 unspecified atom stereocenters. The van der Waals surface area contributed by atoms with Gasteiger partial charge in [-0.3, -0.25) is 14.3 Å². The minimum Gasteiger partial charge on any atom is -0.490 e. The van der Waals surface area contributed by atoms with Crippen LogP contribution in [0.15, 0.2) is 58.7 Å². The number of rotatable bonds is 5. The molecule has 4 heterocycles. The molecular weight excluding hydrogens is 472 g/mol. The first kappa shape index (κ1) is 22.8. The average molecular weight is 499 g/mol. The van der Waals surface area contributed by atoms with Gasteiger partial charge in [0.05, 0.1) is 31.2 Å². The largest absolute Gasteiger partial charge is 0.490 e. The molecule has 2 aromatic carbocycles. The minimum atomic E-state index is -0.150. The van der Waals surface area contributed by atoms with Crippen LogP contribution < -0.4 is 15.0 Å². The van der Waals surface area contributed by atoms with Gasteiger partial charge in [-0.1, -0.05) is 36.4 Å². The maximum Gasteiger partial charge on any atom is 0.263 e. The molecule has 36 heavy (non-hydrogen) atoms. The summed E-state index contributed by atoms with van der Waals surface area (Å²) in [5, 5.41) is 12.1. The normalized spacial score (nSPS) is 17.7. The molecule has 8 heteroatoms. The maximum atomic E-state index is 13.6. The van der Waals surface area contributed by atoms with Crippen molar-refractivity contribution < 1.29 is 9.47 Å². The van der Waals surface area contributed by atoms with Gasteiger partial charge in [-0.15, -0.1) is 11.3 Å². The van der Waals surface area contributed by atoms with Crippen LogP contribution in [-0.2, 0) is 13.1 Å². The van der Waals surface area contributed by atoms with Gasteiger partial charge in [0.2, 0.25) is 0 Å². The van der Waals surface area contributed by atoms with Crippen LogP contribution in [-0.4, -0.2) is 34.2 Å². The molecule has 1 saturated heterocycles. The standard InChI is InChI=1S/C28H26N4O3S/c29-11-13-32-25(30-27-26(28(32)33)21(18-36-27)19-6-2-1-3-7-19)17-31-12-4-8-22(31)20-9-10-23-24(16-20)35-15-5-14-34-23/h1-3,6-7,9-10,16,18,22H,4-5,8,12-15,17H2/t22-/m0/s1. The van der Waals surface area contributed by atoms with Crippen molar-refractivity contribution in [3.8, 4) is 28.7 Å². The molecule has 7 nitrogen and oxygen atoms in total. The Hall–Kier alpha value is -3.67. The van der Waals surface area contributed by atoms with E-state index in [4.69, 9.17) is 14.5 Å². The van der Waals surface area contributed by atoms with E-state index in [1.807, 2.05) is 41.8 Å². The number of thiophene rings is 1. The van der Waals surface area contributed by atoms with Gasteiger partial charge in [0, 0.05) is 23.4 Å². The number of nitriles is 1. The first-order valence-electron chi connectivity index (χ1n) is 12.3. The van der Waals surface area contributed by atoms with Gasteiger partial charge in [0.25, 0.3) is 5.56 Å². The molecule has 0 saturated carbocycles. The fourth-order valence-electron chi connectivity index (χ4n) is 5.21. The number of likely N-dealkylation sites (tertiary alicyclic amines) is 1. The predicted octanol–water partition coefficient (Wildman–Crippen LogP) is 5.15. The Balaban J connectivity index is 1.36. The number of hydrogen-bond acceptors (Lipinski definition) is 7. The Bertz CT molecular complexity index is 1510. The Morgan fingerprint density at radius 1 is 1.08 bits per heavy atom. The average Bonchev–Trinajstić information content (AvgIpc) is 3.47. The second-order valence-corrected chi connectivity index (χ2v) is 10.0. The molecular formula is C28H26N4O3S. The zero-order valence-electron chi connectivity index (χ0n) is 19.9. The molecule has 6 rings (SSSR count). The van der Waals surface area contributed by atoms with Crippen molar-refractivity contribution in [2.24, 2.45) is 0 Å². The lowest BCUT2D eigenvalue weighted by atomic mass is 10.0. The van der Waals surface area contributed by atoms with Crippen LogP contribution >= 0.6 is 11.3 Å². The van der Waals surface area contributed by atoms with E-state index in [0.717, 1.165) is 53.3 Å². The lowest BCUT2D eigenvalue weighted by Gasteiger charge is -2.26. The first-order valence-corrected chi connectivity index (χ1v) is 13.2. The molecule has 1 fully saturated rings. The molecule has 0 bridgehead atoms. The van der Waals surface area contributed by atoms with Gasteiger partial charge in [-0.2, -0.15) is 5.26 Å². The molecule has 0 N–H and O–H groups in total. The summed E-state index contributed by atoms with van der Waals surface area (Å²) in [4.78, 5) is 21.6. The highest BCUT2D eigenvalue weighted by atomic mass is 32.1. The fraction of sp³-hybridized carbons (Fsp3) is 0.321. The topological polar surface area (TPSA) is 80.4 Å². The van der Waals surface area contributed by atoms with E-state index in [-0.39, 0.29) is 18.1 Å². The van der Waals surface area contributed by atoms with E-state index in [9.17, 15) is 10.1 Å². The van der Waals surface area contributed by atoms with Crippen molar-refractivity contribution in [2.45, 2.75) is 38.4 Å². The van der Waals surface area contributed by atoms with E-state index in [0.29, 0.717) is 31.0 Å². The second kappa shape index (κ2) is 9.76. The summed E-state index contributed by atoms with van der Waals surface area (Å²) in [6.45, 7) is 2.70. The lowest BCUT2D eigenvalue weighted by Crippen LogP contribution is -2.31. The van der Waals surface area contributed by atoms with Gasteiger partial charge in [-0.05, 0) is 42.6 Å². The van der Waals surface area contributed by atoms with Crippen LogP contribution in [0.3, 0.4) is 0 Å². The van der Waals surface area contributed by atoms with Crippen LogP contribution in [0.5, 0.6) is 11.5 Å². The number of aromatic nitrogens is 2. The summed E-state index contributed by atoms with van der Waals surface area (Å²) >= 11 is 1.48. The Morgan fingerprint density at radius 3 is 2.75 bits per heavy atom. The van der Waals surface area contributed by atoms with Crippen molar-refractivity contribution in [2.75, 3.05) is 19.8 Å². The number of benzene rings is 2. The van der Waals surface area contributed by atoms with Gasteiger partial charge in [0.1, 0.15) is 17.2 Å². The third-order valence-electron chi connectivity index (χ3n) is 6.95. The molecule has 4 aromatic rings. The SMILES string of the molecule is N#CCn1c(CN2CCC[C@H]2c2ccc3c(c2)OCCCO3)nc2scc(-c3ccccc3)c2c1=O. The molecule has 182 valence electrons. The first-order chi connectivity index (χ1) is 17.7. The summed E-state index contributed by atoms with van der Waals surface area (Å²) in [5.41, 5.74) is 2.88. The molecule has 0 amide bonds. The molecule has 2 aromatic heterocycles. The van der Waals surface area contributed by atoms with Crippen molar-refractivity contribution in [1.29, 1.82) is 5.26 Å². The van der Waals surface area contributed by atoms with E-state index < -0.39 is 0 Å². The maximum absolute atomic E-state index is 13.6. The van der Waals surface area contributed by atoms with Crippen molar-refractivity contribution in [3.63, 3.8) is 0 Å². The monoisotopic (exact) mass is 498 g/mol. The molecule has 0 radical (unpaired) electrons. The summed E-state index contributed by atoms with van der Waals surface area (Å²) < 4.78 is 13.3. The number of hydrogen-bond donors (Lipinski definition) is 0. The van der Waals surface area contributed by atoms with Crippen molar-refractivity contribution in [1.82, 2.24) is 14.5 Å². The quantitative estimate of drug-likeness (QED) is 0.379. The van der Waals surface area contributed by atoms with Crippen LogP contribution in [0.4, 0.5) is 0 Å². The van der Waals surface area contributed by atoms with Crippen LogP contribution in [0, 0.1) is 11.3 Å². The molecule has 2 aliphatic rings. The van der Waals surface area contributed by atoms with Gasteiger partial charge < -0.3 is 9.47 Å². The van der Waals surface area contributed by atoms with E-state index in [1.165, 1.54) is 16.9 Å². The fourth-order valence-corrected chi connectivity index (χ4v) is 6.17. The Morgan fingerprint density at radius 2 is 1.92 bits per heavy atom. The van der Waals surface area contributed by atoms with Crippen LogP contribution in [0.25, 0.3) is 21.3 Å². The van der Waals surface area contributed by atoms with E-state index in [1.54, 1.807) is 4.57 Å². The second-order valence-electron chi connectivity index (χ2n) is 9.16. The molecule has 0 spiro atoms. The van der Waals surface area contributed by atoms with Gasteiger partial charge >= 0.3 is 0 Å². The summed E-state index contributed by atoms with van der Waals surface area (Å²) in [6.07, 6.45) is 2.95. The highest BCUT2D eigenvalue weighted by molar-refractivity contribution is 7.17. The third-order valence-corrected chi connectivity index (χ3v) is 7.82. The Labute approximate surface area is 213 Å². The lowest BCUT2D eigenvalue weighted by molar-refractivity contribution is 0.237. The molecule has 1 atom stereocenters. The molecule has 2 aliphatic heterocycles. The highest BCUT2D eigenvalue weighted by Crippen LogP contribution is 2.39. The number of fused-ring (bicyclic) bond motifs is 2. The predicted molar refractivity (Wildman–Crippen MR) is 139 cm³/mol. The zero-order valence-corrected chi connectivity index (χ0v) is 20.7. The van der Waals surface area contributed by atoms with Crippen LogP contribution in [0.2, 0.25) is 0 Å². The minimum absolute atomic E-state index is 0.0241. The zero-order chi connectivity index (χ0) is 24.5. The molecule has 0 aliphatic carbocycles. The Kier molecular flexibility index (Phi) is 6.18. The summed E-state index contributed by atoms with van der Waals surface area (Å²) in [5.74, 6) is 2.23. The van der Waals surface area contributed by atoms with Crippen molar-refractivity contribution in [3.05, 3.63) is 75.7 Å². The van der Waals surface area contributed by atoms with Crippen molar-refractivity contribution >= 4 is 21.6 Å². The van der Waals surface area contributed by atoms with Gasteiger partial charge in [-0.25, -0.2) is 4.98 Å². The highest BCUT2D eigenvalue weighted by Gasteiger charge is 2.29. The number of ether oxygens (including phenoxy) is 2. The third kappa shape index (κ3) is 4.15. The number of nitrogens with zero attached hydrogens (tertiary/aromatic N) is 4. The van der Waals surface area contributed by atoms with E-state index >= 15 is 0 Å². The van der Waals surface area contributed by atoms with E-state index in [2.05, 4.69) is 23.1 Å². The van der Waals surface area contributed by atoms with Gasteiger partial charge in [0.15, 0.2) is 11.5 Å². The summed E-state index contributed by atoms with van der Waals surface area (Å²) in [6, 6.07) is 18.4.